The summed E-state index contributed by atoms with van der Waals surface area (Å²) in [5.41, 5.74) is 2.47. The third-order valence-corrected chi connectivity index (χ3v) is 5.14. The summed E-state index contributed by atoms with van der Waals surface area (Å²) in [6.45, 7) is 0. The zero-order valence-electron chi connectivity index (χ0n) is 9.66. The molecule has 4 heteroatoms. The predicted molar refractivity (Wildman–Crippen MR) is 90.6 cm³/mol. The molecule has 94 valence electrons. The highest BCUT2D eigenvalue weighted by atomic mass is 127. The van der Waals surface area contributed by atoms with Crippen LogP contribution in [0.5, 0.6) is 5.75 Å². The van der Waals surface area contributed by atoms with E-state index >= 15 is 0 Å². The minimum absolute atomic E-state index is 0.188. The number of halogens is 3. The first-order chi connectivity index (χ1) is 8.61. The van der Waals surface area contributed by atoms with Crippen LogP contribution < -0.4 is 4.74 Å². The summed E-state index contributed by atoms with van der Waals surface area (Å²) in [5, 5.41) is 0. The molecule has 0 radical (unpaired) electrons. The van der Waals surface area contributed by atoms with E-state index in [1.807, 2.05) is 12.1 Å². The zero-order chi connectivity index (χ0) is 13.1. The molecule has 0 aliphatic carbocycles. The molecule has 2 rings (SSSR count). The van der Waals surface area contributed by atoms with Crippen molar-refractivity contribution in [3.63, 3.8) is 0 Å². The fourth-order valence-corrected chi connectivity index (χ4v) is 3.80. The molecule has 0 N–H and O–H groups in total. The SMILES string of the molecule is COc1ccc(C(Br)c2cc(Br)ccc2I)cc1. The average Bonchev–Trinajstić information content (AvgIpc) is 2.41. The highest BCUT2D eigenvalue weighted by Gasteiger charge is 2.13. The van der Waals surface area contributed by atoms with Crippen LogP contribution >= 0.6 is 54.5 Å². The molecule has 0 saturated heterocycles. The summed E-state index contributed by atoms with van der Waals surface area (Å²) >= 11 is 9.63. The quantitative estimate of drug-likeness (QED) is 0.413. The summed E-state index contributed by atoms with van der Waals surface area (Å²) in [6, 6.07) is 14.4. The van der Waals surface area contributed by atoms with Crippen molar-refractivity contribution in [1.82, 2.24) is 0 Å². The zero-order valence-corrected chi connectivity index (χ0v) is 15.0. The molecule has 0 bridgehead atoms. The van der Waals surface area contributed by atoms with E-state index in [2.05, 4.69) is 84.8 Å². The van der Waals surface area contributed by atoms with Crippen LogP contribution in [0.25, 0.3) is 0 Å². The summed E-state index contributed by atoms with van der Waals surface area (Å²) < 4.78 is 7.51. The Balaban J connectivity index is 2.34. The Morgan fingerprint density at radius 2 is 1.78 bits per heavy atom. The first-order valence-corrected chi connectivity index (χ1v) is 8.13. The molecule has 0 aliphatic heterocycles. The van der Waals surface area contributed by atoms with Crippen molar-refractivity contribution in [2.24, 2.45) is 0 Å². The van der Waals surface area contributed by atoms with Crippen molar-refractivity contribution in [2.75, 3.05) is 7.11 Å². The molecule has 0 heterocycles. The van der Waals surface area contributed by atoms with Gasteiger partial charge < -0.3 is 4.74 Å². The van der Waals surface area contributed by atoms with Gasteiger partial charge in [0.2, 0.25) is 0 Å². The van der Waals surface area contributed by atoms with Crippen molar-refractivity contribution < 1.29 is 4.74 Å². The van der Waals surface area contributed by atoms with Crippen LogP contribution in [0.2, 0.25) is 0 Å². The Kier molecular flexibility index (Phi) is 5.09. The van der Waals surface area contributed by atoms with Gasteiger partial charge in [0.15, 0.2) is 0 Å². The molecule has 0 aromatic heterocycles. The van der Waals surface area contributed by atoms with Gasteiger partial charge in [0.1, 0.15) is 5.75 Å². The molecule has 2 aromatic rings. The second kappa shape index (κ2) is 6.39. The maximum Gasteiger partial charge on any atom is 0.118 e. The predicted octanol–water partition coefficient (Wildman–Crippen LogP) is 5.55. The first kappa shape index (κ1) is 14.3. The first-order valence-electron chi connectivity index (χ1n) is 5.35. The van der Waals surface area contributed by atoms with E-state index in [1.165, 1.54) is 14.7 Å². The molecule has 0 aliphatic rings. The highest BCUT2D eigenvalue weighted by molar-refractivity contribution is 14.1. The number of hydrogen-bond donors (Lipinski definition) is 0. The lowest BCUT2D eigenvalue weighted by Crippen LogP contribution is -1.96. The van der Waals surface area contributed by atoms with E-state index in [4.69, 9.17) is 4.74 Å². The fraction of sp³-hybridized carbons (Fsp3) is 0.143. The van der Waals surface area contributed by atoms with Crippen LogP contribution in [0.3, 0.4) is 0 Å². The molecule has 0 saturated carbocycles. The van der Waals surface area contributed by atoms with Crippen molar-refractivity contribution in [3.05, 3.63) is 61.6 Å². The Morgan fingerprint density at radius 1 is 1.11 bits per heavy atom. The van der Waals surface area contributed by atoms with Gasteiger partial charge in [0.05, 0.1) is 11.9 Å². The minimum Gasteiger partial charge on any atom is -0.497 e. The molecule has 1 unspecified atom stereocenters. The Morgan fingerprint density at radius 3 is 2.39 bits per heavy atom. The summed E-state index contributed by atoms with van der Waals surface area (Å²) in [5.74, 6) is 0.877. The van der Waals surface area contributed by atoms with Crippen molar-refractivity contribution in [2.45, 2.75) is 4.83 Å². The highest BCUT2D eigenvalue weighted by Crippen LogP contribution is 2.35. The molecule has 1 nitrogen and oxygen atoms in total. The van der Waals surface area contributed by atoms with Crippen LogP contribution in [0.4, 0.5) is 0 Å². The second-order valence-corrected chi connectivity index (χ2v) is 6.80. The van der Waals surface area contributed by atoms with Gasteiger partial charge in [-0.15, -0.1) is 0 Å². The number of rotatable bonds is 3. The van der Waals surface area contributed by atoms with Gasteiger partial charge in [-0.2, -0.15) is 0 Å². The van der Waals surface area contributed by atoms with E-state index < -0.39 is 0 Å². The van der Waals surface area contributed by atoms with E-state index in [0.29, 0.717) is 0 Å². The number of alkyl halides is 1. The average molecular weight is 482 g/mol. The third kappa shape index (κ3) is 3.27. The monoisotopic (exact) mass is 480 g/mol. The standard InChI is InChI=1S/C14H11Br2IO/c1-18-11-5-2-9(3-6-11)14(16)12-8-10(15)4-7-13(12)17/h2-8,14H,1H3. The lowest BCUT2D eigenvalue weighted by molar-refractivity contribution is 0.414. The number of benzene rings is 2. The van der Waals surface area contributed by atoms with Gasteiger partial charge in [0, 0.05) is 8.04 Å². The largest absolute Gasteiger partial charge is 0.497 e. The summed E-state index contributed by atoms with van der Waals surface area (Å²) in [6.07, 6.45) is 0. The van der Waals surface area contributed by atoms with Gasteiger partial charge in [0.25, 0.3) is 0 Å². The number of methoxy groups -OCH3 is 1. The normalized spacial score (nSPS) is 12.2. The van der Waals surface area contributed by atoms with Gasteiger partial charge in [-0.25, -0.2) is 0 Å². The molecule has 2 aromatic carbocycles. The van der Waals surface area contributed by atoms with Crippen LogP contribution in [-0.2, 0) is 0 Å². The van der Waals surface area contributed by atoms with Gasteiger partial charge in [-0.1, -0.05) is 44.0 Å². The molecule has 18 heavy (non-hydrogen) atoms. The summed E-state index contributed by atoms with van der Waals surface area (Å²) in [7, 11) is 1.68. The fourth-order valence-electron chi connectivity index (χ4n) is 1.66. The lowest BCUT2D eigenvalue weighted by Gasteiger charge is -2.13. The Bertz CT molecular complexity index is 540. The second-order valence-electron chi connectivity index (χ2n) is 3.80. The van der Waals surface area contributed by atoms with E-state index in [1.54, 1.807) is 7.11 Å². The molecule has 0 spiro atoms. The summed E-state index contributed by atoms with van der Waals surface area (Å²) in [4.78, 5) is 0.188. The lowest BCUT2D eigenvalue weighted by atomic mass is 10.0. The Labute approximate surface area is 137 Å². The van der Waals surface area contributed by atoms with E-state index in [0.717, 1.165) is 10.2 Å². The van der Waals surface area contributed by atoms with Crippen molar-refractivity contribution >= 4 is 54.5 Å². The molecule has 0 amide bonds. The van der Waals surface area contributed by atoms with Gasteiger partial charge in [-0.3, -0.25) is 0 Å². The smallest absolute Gasteiger partial charge is 0.118 e. The van der Waals surface area contributed by atoms with Crippen molar-refractivity contribution in [1.29, 1.82) is 0 Å². The van der Waals surface area contributed by atoms with Crippen LogP contribution in [0.1, 0.15) is 16.0 Å². The molecular weight excluding hydrogens is 471 g/mol. The molecule has 1 atom stereocenters. The molecule has 0 fully saturated rings. The number of ether oxygens (including phenoxy) is 1. The topological polar surface area (TPSA) is 9.23 Å². The van der Waals surface area contributed by atoms with Crippen LogP contribution in [0, 0.1) is 3.57 Å². The van der Waals surface area contributed by atoms with Crippen LogP contribution in [0.15, 0.2) is 46.9 Å². The van der Waals surface area contributed by atoms with Crippen LogP contribution in [-0.4, -0.2) is 7.11 Å². The van der Waals surface area contributed by atoms with E-state index in [9.17, 15) is 0 Å². The van der Waals surface area contributed by atoms with Crippen molar-refractivity contribution in [3.8, 4) is 5.75 Å². The third-order valence-electron chi connectivity index (χ3n) is 2.64. The minimum atomic E-state index is 0.188. The maximum atomic E-state index is 5.17. The number of hydrogen-bond acceptors (Lipinski definition) is 1. The molecular formula is C14H11Br2IO. The van der Waals surface area contributed by atoms with Gasteiger partial charge in [-0.05, 0) is 64.0 Å². The van der Waals surface area contributed by atoms with Gasteiger partial charge >= 0.3 is 0 Å². The maximum absolute atomic E-state index is 5.17. The Hall–Kier alpha value is -0.0700. The van der Waals surface area contributed by atoms with E-state index in [-0.39, 0.29) is 4.83 Å².